The third-order valence-electron chi connectivity index (χ3n) is 3.81. The molecule has 9 heteroatoms. The molecule has 0 aliphatic carbocycles. The summed E-state index contributed by atoms with van der Waals surface area (Å²) in [5, 5.41) is 13.9. The van der Waals surface area contributed by atoms with E-state index in [0.29, 0.717) is 16.3 Å². The van der Waals surface area contributed by atoms with E-state index in [1.165, 1.54) is 48.7 Å². The minimum absolute atomic E-state index is 0.0202. The number of para-hydroxylation sites is 1. The summed E-state index contributed by atoms with van der Waals surface area (Å²) in [5.74, 6) is -0.577. The van der Waals surface area contributed by atoms with E-state index in [1.54, 1.807) is 30.3 Å². The van der Waals surface area contributed by atoms with Gasteiger partial charge in [0.2, 0.25) is 0 Å². The summed E-state index contributed by atoms with van der Waals surface area (Å²) in [6, 6.07) is 18.2. The van der Waals surface area contributed by atoms with E-state index in [1.807, 2.05) is 0 Å². The smallest absolute Gasteiger partial charge is 0.271 e. The number of rotatable bonds is 6. The Morgan fingerprint density at radius 3 is 2.45 bits per heavy atom. The molecule has 0 heterocycles. The first-order valence-corrected chi connectivity index (χ1v) is 10.2. The number of phenols is 1. The van der Waals surface area contributed by atoms with Gasteiger partial charge in [0.1, 0.15) is 5.75 Å². The SMILES string of the molecule is O=C(N/N=C/c1ccccc1O)c1cccc(S(=O)(=O)Nc2ccc(Cl)cc2)c1. The molecule has 1 amide bonds. The van der Waals surface area contributed by atoms with Gasteiger partial charge in [-0.2, -0.15) is 5.10 Å². The zero-order chi connectivity index (χ0) is 20.9. The van der Waals surface area contributed by atoms with E-state index in [9.17, 15) is 18.3 Å². The molecule has 7 nitrogen and oxygen atoms in total. The van der Waals surface area contributed by atoms with Gasteiger partial charge in [-0.15, -0.1) is 0 Å². The summed E-state index contributed by atoms with van der Waals surface area (Å²) < 4.78 is 27.6. The van der Waals surface area contributed by atoms with Gasteiger partial charge in [-0.25, -0.2) is 13.8 Å². The van der Waals surface area contributed by atoms with Crippen LogP contribution in [0.2, 0.25) is 5.02 Å². The molecule has 0 aliphatic heterocycles. The zero-order valence-electron chi connectivity index (χ0n) is 14.9. The number of phenolic OH excluding ortho intramolecular Hbond substituents is 1. The fraction of sp³-hybridized carbons (Fsp3) is 0. The van der Waals surface area contributed by atoms with E-state index in [-0.39, 0.29) is 16.2 Å². The molecule has 3 N–H and O–H groups in total. The van der Waals surface area contributed by atoms with Crippen LogP contribution in [-0.4, -0.2) is 25.6 Å². The second-order valence-corrected chi connectivity index (χ2v) is 8.02. The van der Waals surface area contributed by atoms with E-state index < -0.39 is 15.9 Å². The minimum atomic E-state index is -3.90. The van der Waals surface area contributed by atoms with Crippen LogP contribution < -0.4 is 10.1 Å². The van der Waals surface area contributed by atoms with Crippen LogP contribution in [0, 0.1) is 0 Å². The summed E-state index contributed by atoms with van der Waals surface area (Å²) in [4.78, 5) is 12.2. The molecule has 148 valence electrons. The molecule has 0 bridgehead atoms. The number of hydrogen-bond acceptors (Lipinski definition) is 5. The Morgan fingerprint density at radius 2 is 1.72 bits per heavy atom. The van der Waals surface area contributed by atoms with Crippen LogP contribution in [0.4, 0.5) is 5.69 Å². The number of sulfonamides is 1. The van der Waals surface area contributed by atoms with Gasteiger partial charge in [0, 0.05) is 21.8 Å². The first-order chi connectivity index (χ1) is 13.8. The van der Waals surface area contributed by atoms with Crippen LogP contribution >= 0.6 is 11.6 Å². The standard InChI is InChI=1S/C20H16ClN3O4S/c21-16-8-10-17(11-9-16)24-29(27,28)18-6-3-5-14(12-18)20(26)23-22-13-15-4-1-2-7-19(15)25/h1-13,24-25H,(H,23,26)/b22-13+. The maximum absolute atomic E-state index is 12.6. The van der Waals surface area contributed by atoms with Crippen molar-refractivity contribution >= 4 is 39.4 Å². The monoisotopic (exact) mass is 429 g/mol. The second-order valence-electron chi connectivity index (χ2n) is 5.90. The number of amides is 1. The summed E-state index contributed by atoms with van der Waals surface area (Å²) in [7, 11) is -3.90. The number of aromatic hydroxyl groups is 1. The van der Waals surface area contributed by atoms with E-state index in [4.69, 9.17) is 11.6 Å². The highest BCUT2D eigenvalue weighted by atomic mass is 35.5. The molecular formula is C20H16ClN3O4S. The molecular weight excluding hydrogens is 414 g/mol. The maximum atomic E-state index is 12.6. The van der Waals surface area contributed by atoms with Crippen molar-refractivity contribution in [1.29, 1.82) is 0 Å². The van der Waals surface area contributed by atoms with Gasteiger partial charge < -0.3 is 5.11 Å². The largest absolute Gasteiger partial charge is 0.507 e. The molecule has 3 aromatic carbocycles. The lowest BCUT2D eigenvalue weighted by molar-refractivity contribution is 0.0955. The molecule has 3 aromatic rings. The lowest BCUT2D eigenvalue weighted by Gasteiger charge is -2.09. The Labute approximate surface area is 172 Å². The van der Waals surface area contributed by atoms with Crippen molar-refractivity contribution in [3.63, 3.8) is 0 Å². The van der Waals surface area contributed by atoms with Crippen molar-refractivity contribution in [2.45, 2.75) is 4.90 Å². The van der Waals surface area contributed by atoms with Crippen LogP contribution in [-0.2, 0) is 10.0 Å². The van der Waals surface area contributed by atoms with Crippen LogP contribution in [0.25, 0.3) is 0 Å². The number of nitrogens with zero attached hydrogens (tertiary/aromatic N) is 1. The van der Waals surface area contributed by atoms with Gasteiger partial charge >= 0.3 is 0 Å². The third kappa shape index (κ3) is 5.34. The lowest BCUT2D eigenvalue weighted by atomic mass is 10.2. The van der Waals surface area contributed by atoms with Crippen molar-refractivity contribution in [3.05, 3.63) is 88.9 Å². The number of nitrogens with one attached hydrogen (secondary N) is 2. The van der Waals surface area contributed by atoms with Crippen molar-refractivity contribution in [2.24, 2.45) is 5.10 Å². The number of hydrazone groups is 1. The van der Waals surface area contributed by atoms with Gasteiger partial charge in [-0.1, -0.05) is 29.8 Å². The van der Waals surface area contributed by atoms with Crippen molar-refractivity contribution in [3.8, 4) is 5.75 Å². The number of halogens is 1. The predicted octanol–water partition coefficient (Wildman–Crippen LogP) is 3.61. The van der Waals surface area contributed by atoms with E-state index in [0.717, 1.165) is 0 Å². The molecule has 0 aliphatic rings. The topological polar surface area (TPSA) is 108 Å². The summed E-state index contributed by atoms with van der Waals surface area (Å²) in [6.45, 7) is 0. The Hall–Kier alpha value is -3.36. The van der Waals surface area contributed by atoms with Crippen molar-refractivity contribution in [2.75, 3.05) is 4.72 Å². The quantitative estimate of drug-likeness (QED) is 0.411. The van der Waals surface area contributed by atoms with Gasteiger partial charge in [0.25, 0.3) is 15.9 Å². The average molecular weight is 430 g/mol. The van der Waals surface area contributed by atoms with E-state index in [2.05, 4.69) is 15.2 Å². The number of carbonyl (C=O) groups is 1. The maximum Gasteiger partial charge on any atom is 0.271 e. The highest BCUT2D eigenvalue weighted by Gasteiger charge is 2.16. The molecule has 0 saturated heterocycles. The van der Waals surface area contributed by atoms with Crippen LogP contribution in [0.15, 0.2) is 82.8 Å². The van der Waals surface area contributed by atoms with Gasteiger partial charge in [0.15, 0.2) is 0 Å². The Morgan fingerprint density at radius 1 is 1.00 bits per heavy atom. The summed E-state index contributed by atoms with van der Waals surface area (Å²) >= 11 is 5.80. The number of carbonyl (C=O) groups excluding carboxylic acids is 1. The average Bonchev–Trinajstić information content (AvgIpc) is 2.71. The molecule has 0 atom stereocenters. The van der Waals surface area contributed by atoms with Crippen LogP contribution in [0.1, 0.15) is 15.9 Å². The molecule has 29 heavy (non-hydrogen) atoms. The number of anilines is 1. The molecule has 0 unspecified atom stereocenters. The molecule has 0 aromatic heterocycles. The normalized spacial score (nSPS) is 11.3. The van der Waals surface area contributed by atoms with Crippen molar-refractivity contribution < 1.29 is 18.3 Å². The summed E-state index contributed by atoms with van der Waals surface area (Å²) in [6.07, 6.45) is 1.29. The number of hydrogen-bond donors (Lipinski definition) is 3. The Bertz CT molecular complexity index is 1160. The van der Waals surface area contributed by atoms with Gasteiger partial charge in [0.05, 0.1) is 11.1 Å². The zero-order valence-corrected chi connectivity index (χ0v) is 16.5. The number of benzene rings is 3. The summed E-state index contributed by atoms with van der Waals surface area (Å²) in [5.41, 5.74) is 3.18. The van der Waals surface area contributed by atoms with Gasteiger partial charge in [-0.3, -0.25) is 9.52 Å². The van der Waals surface area contributed by atoms with Crippen LogP contribution in [0.3, 0.4) is 0 Å². The molecule has 0 saturated carbocycles. The fourth-order valence-electron chi connectivity index (χ4n) is 2.36. The van der Waals surface area contributed by atoms with Gasteiger partial charge in [-0.05, 0) is 54.6 Å². The predicted molar refractivity (Wildman–Crippen MR) is 112 cm³/mol. The first-order valence-electron chi connectivity index (χ1n) is 8.35. The van der Waals surface area contributed by atoms with Crippen LogP contribution in [0.5, 0.6) is 5.75 Å². The Kier molecular flexibility index (Phi) is 6.16. The highest BCUT2D eigenvalue weighted by molar-refractivity contribution is 7.92. The van der Waals surface area contributed by atoms with E-state index >= 15 is 0 Å². The minimum Gasteiger partial charge on any atom is -0.507 e. The first kappa shape index (κ1) is 20.4. The molecule has 0 spiro atoms. The third-order valence-corrected chi connectivity index (χ3v) is 5.44. The Balaban J connectivity index is 1.73. The molecule has 0 radical (unpaired) electrons. The molecule has 0 fully saturated rings. The van der Waals surface area contributed by atoms with Crippen molar-refractivity contribution in [1.82, 2.24) is 5.43 Å². The highest BCUT2D eigenvalue weighted by Crippen LogP contribution is 2.19. The molecule has 3 rings (SSSR count). The second kappa shape index (κ2) is 8.76. The lowest BCUT2D eigenvalue weighted by Crippen LogP contribution is -2.19. The fourth-order valence-corrected chi connectivity index (χ4v) is 3.59.